The molecule has 0 aliphatic rings. The molecule has 39 heavy (non-hydrogen) atoms. The monoisotopic (exact) mass is 527 g/mol. The van der Waals surface area contributed by atoms with Crippen LogP contribution >= 0.6 is 0 Å². The van der Waals surface area contributed by atoms with Crippen molar-refractivity contribution in [3.8, 4) is 22.3 Å². The summed E-state index contributed by atoms with van der Waals surface area (Å²) in [5.74, 6) is -2.32. The molecule has 1 heterocycles. The molecular formula is C31H23F2NO5. The number of furan rings is 1. The first-order valence-electron chi connectivity index (χ1n) is 12.1. The molecule has 1 atom stereocenters. The summed E-state index contributed by atoms with van der Waals surface area (Å²) in [5.41, 5.74) is 4.08. The van der Waals surface area contributed by atoms with E-state index in [1.54, 1.807) is 54.6 Å². The quantitative estimate of drug-likeness (QED) is 0.224. The summed E-state index contributed by atoms with van der Waals surface area (Å²) >= 11 is 0. The van der Waals surface area contributed by atoms with E-state index in [2.05, 4.69) is 5.32 Å². The van der Waals surface area contributed by atoms with Crippen LogP contribution in [0.15, 0.2) is 95.4 Å². The minimum Gasteiger partial charge on any atom is -0.481 e. The van der Waals surface area contributed by atoms with Crippen molar-refractivity contribution in [1.29, 1.82) is 0 Å². The average molecular weight is 528 g/mol. The maximum atomic E-state index is 13.5. The zero-order chi connectivity index (χ0) is 27.5. The molecule has 0 bridgehead atoms. The van der Waals surface area contributed by atoms with Crippen molar-refractivity contribution in [1.82, 2.24) is 0 Å². The van der Waals surface area contributed by atoms with Crippen molar-refractivity contribution in [2.24, 2.45) is 0 Å². The number of aliphatic carboxylic acids is 1. The summed E-state index contributed by atoms with van der Waals surface area (Å²) in [6, 6.07) is 24.1. The summed E-state index contributed by atoms with van der Waals surface area (Å²) in [4.78, 5) is 24.6. The van der Waals surface area contributed by atoms with Gasteiger partial charge in [-0.05, 0) is 71.6 Å². The molecule has 6 nitrogen and oxygen atoms in total. The molecule has 8 heteroatoms. The fourth-order valence-corrected chi connectivity index (χ4v) is 4.34. The van der Waals surface area contributed by atoms with Crippen molar-refractivity contribution in [2.75, 3.05) is 5.32 Å². The Balaban J connectivity index is 1.36. The molecule has 0 aliphatic carbocycles. The molecule has 0 fully saturated rings. The SMILES string of the molecule is C[C@@H](C(=O)O)c1cccc(-c2ccc(F)cc2)c1NC(=O)OCc1cc2cc(-c3ccc(F)cc3)ccc2o1. The van der Waals surface area contributed by atoms with Crippen LogP contribution in [-0.4, -0.2) is 17.2 Å². The van der Waals surface area contributed by atoms with Crippen molar-refractivity contribution in [2.45, 2.75) is 19.4 Å². The van der Waals surface area contributed by atoms with Crippen LogP contribution in [0, 0.1) is 11.6 Å². The zero-order valence-corrected chi connectivity index (χ0v) is 20.8. The lowest BCUT2D eigenvalue weighted by molar-refractivity contribution is -0.138. The summed E-state index contributed by atoms with van der Waals surface area (Å²) in [6.45, 7) is 1.34. The molecule has 2 N–H and O–H groups in total. The van der Waals surface area contributed by atoms with Gasteiger partial charge in [0, 0.05) is 10.9 Å². The summed E-state index contributed by atoms with van der Waals surface area (Å²) in [5, 5.41) is 13.1. The van der Waals surface area contributed by atoms with Gasteiger partial charge in [-0.15, -0.1) is 0 Å². The summed E-state index contributed by atoms with van der Waals surface area (Å²) < 4.78 is 38.0. The molecule has 5 rings (SSSR count). The molecule has 0 radical (unpaired) electrons. The minimum atomic E-state index is -1.06. The predicted octanol–water partition coefficient (Wildman–Crippen LogP) is 7.98. The third-order valence-electron chi connectivity index (χ3n) is 6.41. The molecule has 0 saturated heterocycles. The lowest BCUT2D eigenvalue weighted by Gasteiger charge is -2.18. The fraction of sp³-hybridized carbons (Fsp3) is 0.0968. The van der Waals surface area contributed by atoms with Gasteiger partial charge in [0.15, 0.2) is 6.61 Å². The van der Waals surface area contributed by atoms with Crippen molar-refractivity contribution >= 4 is 28.7 Å². The number of benzene rings is 4. The molecule has 0 unspecified atom stereocenters. The third kappa shape index (κ3) is 5.65. The number of anilines is 1. The topological polar surface area (TPSA) is 88.8 Å². The van der Waals surface area contributed by atoms with Crippen molar-refractivity contribution in [3.63, 3.8) is 0 Å². The Morgan fingerprint density at radius 2 is 1.51 bits per heavy atom. The van der Waals surface area contributed by atoms with Gasteiger partial charge in [-0.2, -0.15) is 0 Å². The lowest BCUT2D eigenvalue weighted by atomic mass is 9.93. The summed E-state index contributed by atoms with van der Waals surface area (Å²) in [7, 11) is 0. The van der Waals surface area contributed by atoms with Gasteiger partial charge in [0.2, 0.25) is 0 Å². The number of hydrogen-bond donors (Lipinski definition) is 2. The van der Waals surface area contributed by atoms with E-state index in [1.807, 2.05) is 12.1 Å². The van der Waals surface area contributed by atoms with Crippen LogP contribution in [0.4, 0.5) is 19.3 Å². The number of ether oxygens (including phenoxy) is 1. The highest BCUT2D eigenvalue weighted by atomic mass is 19.1. The Kier molecular flexibility index (Phi) is 7.10. The van der Waals surface area contributed by atoms with Crippen molar-refractivity contribution < 1.29 is 32.6 Å². The fourth-order valence-electron chi connectivity index (χ4n) is 4.34. The Labute approximate surface area is 222 Å². The zero-order valence-electron chi connectivity index (χ0n) is 20.8. The Morgan fingerprint density at radius 3 is 2.18 bits per heavy atom. The number of fused-ring (bicyclic) bond motifs is 1. The Hall–Kier alpha value is -4.98. The molecule has 196 valence electrons. The van der Waals surface area contributed by atoms with Crippen LogP contribution in [-0.2, 0) is 16.1 Å². The third-order valence-corrected chi connectivity index (χ3v) is 6.41. The maximum absolute atomic E-state index is 13.5. The van der Waals surface area contributed by atoms with Gasteiger partial charge in [-0.3, -0.25) is 10.1 Å². The van der Waals surface area contributed by atoms with Crippen LogP contribution in [0.2, 0.25) is 0 Å². The molecular weight excluding hydrogens is 504 g/mol. The molecule has 0 spiro atoms. The van der Waals surface area contributed by atoms with Gasteiger partial charge in [0.05, 0.1) is 11.6 Å². The first-order valence-corrected chi connectivity index (χ1v) is 12.1. The smallest absolute Gasteiger partial charge is 0.412 e. The second kappa shape index (κ2) is 10.8. The molecule has 5 aromatic rings. The second-order valence-corrected chi connectivity index (χ2v) is 9.01. The number of nitrogens with one attached hydrogen (secondary N) is 1. The normalized spacial score (nSPS) is 11.8. The van der Waals surface area contributed by atoms with E-state index >= 15 is 0 Å². The molecule has 0 saturated carbocycles. The number of amides is 1. The van der Waals surface area contributed by atoms with E-state index in [9.17, 15) is 23.5 Å². The lowest BCUT2D eigenvalue weighted by Crippen LogP contribution is -2.18. The molecule has 4 aromatic carbocycles. The number of para-hydroxylation sites is 1. The number of hydrogen-bond acceptors (Lipinski definition) is 4. The van der Waals surface area contributed by atoms with Gasteiger partial charge >= 0.3 is 12.1 Å². The van der Waals surface area contributed by atoms with Crippen LogP contribution in [0.1, 0.15) is 24.2 Å². The van der Waals surface area contributed by atoms with Crippen LogP contribution < -0.4 is 5.32 Å². The van der Waals surface area contributed by atoms with E-state index in [0.717, 1.165) is 16.5 Å². The first-order chi connectivity index (χ1) is 18.8. The number of rotatable bonds is 7. The number of halogens is 2. The molecule has 0 aliphatic heterocycles. The van der Waals surface area contributed by atoms with E-state index in [1.165, 1.54) is 31.2 Å². The highest BCUT2D eigenvalue weighted by molar-refractivity contribution is 5.95. The van der Waals surface area contributed by atoms with Crippen LogP contribution in [0.25, 0.3) is 33.2 Å². The van der Waals surface area contributed by atoms with Crippen LogP contribution in [0.3, 0.4) is 0 Å². The van der Waals surface area contributed by atoms with E-state index < -0.39 is 23.8 Å². The number of carboxylic acids is 1. The van der Waals surface area contributed by atoms with Gasteiger partial charge < -0.3 is 14.3 Å². The highest BCUT2D eigenvalue weighted by Gasteiger charge is 2.22. The van der Waals surface area contributed by atoms with E-state index in [0.29, 0.717) is 28.0 Å². The molecule has 1 amide bonds. The van der Waals surface area contributed by atoms with E-state index in [-0.39, 0.29) is 18.1 Å². The van der Waals surface area contributed by atoms with Crippen molar-refractivity contribution in [3.05, 3.63) is 114 Å². The van der Waals surface area contributed by atoms with Gasteiger partial charge in [-0.25, -0.2) is 13.6 Å². The first kappa shape index (κ1) is 25.7. The van der Waals surface area contributed by atoms with Gasteiger partial charge in [0.25, 0.3) is 0 Å². The number of carbonyl (C=O) groups excluding carboxylic acids is 1. The predicted molar refractivity (Wildman–Crippen MR) is 143 cm³/mol. The van der Waals surface area contributed by atoms with Crippen LogP contribution in [0.5, 0.6) is 0 Å². The summed E-state index contributed by atoms with van der Waals surface area (Å²) in [6.07, 6.45) is -0.809. The Morgan fingerprint density at radius 1 is 0.872 bits per heavy atom. The second-order valence-electron chi connectivity index (χ2n) is 9.01. The largest absolute Gasteiger partial charge is 0.481 e. The number of carboxylic acid groups (broad SMARTS) is 1. The van der Waals surface area contributed by atoms with Gasteiger partial charge in [-0.1, -0.05) is 48.5 Å². The van der Waals surface area contributed by atoms with E-state index in [4.69, 9.17) is 9.15 Å². The highest BCUT2D eigenvalue weighted by Crippen LogP contribution is 2.35. The number of carbonyl (C=O) groups is 2. The van der Waals surface area contributed by atoms with Gasteiger partial charge in [0.1, 0.15) is 23.0 Å². The molecule has 1 aromatic heterocycles. The Bertz CT molecular complexity index is 1660. The average Bonchev–Trinajstić information content (AvgIpc) is 3.35. The maximum Gasteiger partial charge on any atom is 0.412 e. The standard InChI is InChI=1S/C31H23F2NO5/c1-18(30(35)36)26-3-2-4-27(20-7-12-24(33)13-8-20)29(26)34-31(37)38-17-25-16-22-15-21(9-14-28(22)39-25)19-5-10-23(32)11-6-19/h2-16,18H,17H2,1H3,(H,34,37)(H,35,36)/t18-/m1/s1. The minimum absolute atomic E-state index is 0.172.